The summed E-state index contributed by atoms with van der Waals surface area (Å²) in [7, 11) is -6.02. The second kappa shape index (κ2) is 19.1. The number of hydrogen-bond acceptors (Lipinski definition) is 5. The van der Waals surface area contributed by atoms with E-state index in [4.69, 9.17) is 18.0 Å². The minimum Gasteiger partial charge on any atom is -0.544 e. The van der Waals surface area contributed by atoms with Crippen molar-refractivity contribution in [3.05, 3.63) is 125 Å². The molecule has 4 aromatic carbocycles. The van der Waals surface area contributed by atoms with Gasteiger partial charge < -0.3 is 18.0 Å². The average Bonchev–Trinajstić information content (AvgIpc) is 3.12. The SMILES string of the molecule is CC(CCc1ccc(O[Si](C)(C)C(C)(C)C)cc1)N(Cc1ccc(OCc2ccccc2)cc1)CC(O[Si](C)(C)C(C)(C)C)c1ccc(O[Si](C)(C)C(C)(C)C)cc1. The summed E-state index contributed by atoms with van der Waals surface area (Å²) in [5.74, 6) is 2.81. The summed E-state index contributed by atoms with van der Waals surface area (Å²) in [4.78, 5) is 2.63. The van der Waals surface area contributed by atoms with Crippen molar-refractivity contribution < 1.29 is 18.0 Å². The van der Waals surface area contributed by atoms with Gasteiger partial charge in [0.1, 0.15) is 23.9 Å². The van der Waals surface area contributed by atoms with E-state index in [9.17, 15) is 0 Å². The maximum atomic E-state index is 7.37. The Morgan fingerprint density at radius 2 is 0.966 bits per heavy atom. The minimum atomic E-state index is -2.15. The normalized spacial score (nSPS) is 14.3. The molecule has 4 aromatic rings. The maximum Gasteiger partial charge on any atom is 0.250 e. The summed E-state index contributed by atoms with van der Waals surface area (Å²) in [6.07, 6.45) is 1.91. The Hall–Kier alpha value is -3.15. The van der Waals surface area contributed by atoms with Crippen LogP contribution in [0.25, 0.3) is 0 Å². The highest BCUT2D eigenvalue weighted by molar-refractivity contribution is 6.75. The minimum absolute atomic E-state index is 0.0725. The first kappa shape index (κ1) is 47.5. The molecular weight excluding hydrogens is 763 g/mol. The Morgan fingerprint density at radius 1 is 0.517 bits per heavy atom. The van der Waals surface area contributed by atoms with Crippen molar-refractivity contribution in [1.82, 2.24) is 4.90 Å². The van der Waals surface area contributed by atoms with Crippen molar-refractivity contribution in [1.29, 1.82) is 0 Å². The summed E-state index contributed by atoms with van der Waals surface area (Å²) in [6.45, 7) is 39.2. The Morgan fingerprint density at radius 3 is 1.45 bits per heavy atom. The van der Waals surface area contributed by atoms with Crippen LogP contribution in [-0.4, -0.2) is 42.4 Å². The molecule has 0 spiro atoms. The van der Waals surface area contributed by atoms with Crippen LogP contribution in [0.3, 0.4) is 0 Å². The van der Waals surface area contributed by atoms with Gasteiger partial charge >= 0.3 is 0 Å². The lowest BCUT2D eigenvalue weighted by atomic mass is 10.0. The summed E-state index contributed by atoms with van der Waals surface area (Å²) in [6, 6.07) is 37.0. The fraction of sp³-hybridized carbons (Fsp3) is 0.520. The molecule has 2 atom stereocenters. The van der Waals surface area contributed by atoms with Crippen molar-refractivity contribution in [2.24, 2.45) is 0 Å². The molecule has 318 valence electrons. The van der Waals surface area contributed by atoms with Gasteiger partial charge in [0.15, 0.2) is 8.32 Å². The summed E-state index contributed by atoms with van der Waals surface area (Å²) < 4.78 is 26.8. The molecule has 0 fully saturated rings. The molecule has 0 aliphatic rings. The highest BCUT2D eigenvalue weighted by atomic mass is 28.4. The third-order valence-electron chi connectivity index (χ3n) is 13.2. The first-order valence-corrected chi connectivity index (χ1v) is 30.2. The lowest BCUT2D eigenvalue weighted by Crippen LogP contribution is -2.45. The molecule has 0 saturated heterocycles. The van der Waals surface area contributed by atoms with Crippen LogP contribution in [-0.2, 0) is 24.0 Å². The van der Waals surface area contributed by atoms with Gasteiger partial charge in [-0.1, -0.05) is 129 Å². The van der Waals surface area contributed by atoms with Crippen molar-refractivity contribution >= 4 is 25.0 Å². The van der Waals surface area contributed by atoms with Crippen molar-refractivity contribution in [2.75, 3.05) is 6.54 Å². The predicted octanol–water partition coefficient (Wildman–Crippen LogP) is 14.6. The first-order chi connectivity index (χ1) is 26.8. The van der Waals surface area contributed by atoms with E-state index in [-0.39, 0.29) is 21.2 Å². The van der Waals surface area contributed by atoms with Crippen LogP contribution in [0.2, 0.25) is 54.4 Å². The van der Waals surface area contributed by atoms with E-state index in [0.717, 1.165) is 48.7 Å². The summed E-state index contributed by atoms with van der Waals surface area (Å²) >= 11 is 0. The van der Waals surface area contributed by atoms with Gasteiger partial charge in [-0.15, -0.1) is 0 Å². The average molecular weight is 840 g/mol. The molecule has 0 aliphatic carbocycles. The summed E-state index contributed by atoms with van der Waals surface area (Å²) in [5, 5.41) is 0.360. The second-order valence-electron chi connectivity index (χ2n) is 21.0. The quantitative estimate of drug-likeness (QED) is 0.0934. The molecule has 2 unspecified atom stereocenters. The van der Waals surface area contributed by atoms with Gasteiger partial charge in [-0.2, -0.15) is 0 Å². The second-order valence-corrected chi connectivity index (χ2v) is 35.2. The molecule has 0 saturated carbocycles. The molecule has 0 N–H and O–H groups in total. The van der Waals surface area contributed by atoms with Crippen LogP contribution in [0.15, 0.2) is 103 Å². The molecule has 0 radical (unpaired) electrons. The summed E-state index contributed by atoms with van der Waals surface area (Å²) in [5.41, 5.74) is 4.96. The Balaban J connectivity index is 1.60. The van der Waals surface area contributed by atoms with Crippen LogP contribution in [0.5, 0.6) is 17.2 Å². The van der Waals surface area contributed by atoms with Crippen molar-refractivity contribution in [2.45, 2.75) is 162 Å². The monoisotopic (exact) mass is 840 g/mol. The Kier molecular flexibility index (Phi) is 15.6. The standard InChI is InChI=1S/C50H77NO4Si3/c1-39(22-23-40-24-32-45(33-25-40)53-56(11,12)48(2,3)4)51(36-41-26-30-44(31-27-41)52-38-42-20-18-17-19-21-42)37-47(55-58(15,16)50(8,9)10)43-28-34-46(35-29-43)54-57(13,14)49(5,6)7/h17-21,24-35,39,47H,22-23,36-38H2,1-16H3. The predicted molar refractivity (Wildman–Crippen MR) is 255 cm³/mol. The Labute approximate surface area is 357 Å². The number of ether oxygens (including phenoxy) is 1. The molecule has 0 amide bonds. The van der Waals surface area contributed by atoms with Gasteiger partial charge in [-0.3, -0.25) is 4.90 Å². The van der Waals surface area contributed by atoms with Crippen LogP contribution in [0.1, 0.15) is 104 Å². The molecule has 0 aliphatic heterocycles. The lowest BCUT2D eigenvalue weighted by molar-refractivity contribution is 0.0896. The molecule has 8 heteroatoms. The Bertz CT molecular complexity index is 1840. The number of rotatable bonds is 18. The topological polar surface area (TPSA) is 40.2 Å². The van der Waals surface area contributed by atoms with Crippen LogP contribution in [0, 0.1) is 0 Å². The highest BCUT2D eigenvalue weighted by Crippen LogP contribution is 2.42. The lowest BCUT2D eigenvalue weighted by Gasteiger charge is -2.42. The van der Waals surface area contributed by atoms with Gasteiger partial charge in [-0.25, -0.2) is 0 Å². The van der Waals surface area contributed by atoms with Crippen molar-refractivity contribution in [3.8, 4) is 17.2 Å². The number of hydrogen-bond donors (Lipinski definition) is 0. The third kappa shape index (κ3) is 13.4. The van der Waals surface area contributed by atoms with Gasteiger partial charge in [0.25, 0.3) is 0 Å². The molecular formula is C50H77NO4Si3. The molecule has 0 aromatic heterocycles. The van der Waals surface area contributed by atoms with E-state index >= 15 is 0 Å². The highest BCUT2D eigenvalue weighted by Gasteiger charge is 2.41. The van der Waals surface area contributed by atoms with E-state index < -0.39 is 25.0 Å². The van der Waals surface area contributed by atoms with Gasteiger partial charge in [0.2, 0.25) is 16.6 Å². The van der Waals surface area contributed by atoms with E-state index in [0.29, 0.717) is 12.6 Å². The number of aryl methyl sites for hydroxylation is 1. The largest absolute Gasteiger partial charge is 0.544 e. The molecule has 4 rings (SSSR count). The van der Waals surface area contributed by atoms with E-state index in [1.807, 2.05) is 6.07 Å². The van der Waals surface area contributed by atoms with E-state index in [1.165, 1.54) is 16.7 Å². The van der Waals surface area contributed by atoms with Crippen LogP contribution >= 0.6 is 0 Å². The fourth-order valence-corrected chi connectivity index (χ4v) is 9.29. The van der Waals surface area contributed by atoms with E-state index in [1.54, 1.807) is 0 Å². The smallest absolute Gasteiger partial charge is 0.250 e. The zero-order chi connectivity index (χ0) is 43.2. The molecule has 0 bridgehead atoms. The van der Waals surface area contributed by atoms with Gasteiger partial charge in [0.05, 0.1) is 6.10 Å². The fourth-order valence-electron chi connectivity index (χ4n) is 5.95. The van der Waals surface area contributed by atoms with Crippen molar-refractivity contribution in [3.63, 3.8) is 0 Å². The zero-order valence-electron chi connectivity index (χ0n) is 39.1. The van der Waals surface area contributed by atoms with Gasteiger partial charge in [0, 0.05) is 19.1 Å². The van der Waals surface area contributed by atoms with Crippen LogP contribution < -0.4 is 13.6 Å². The molecule has 0 heterocycles. The molecule has 58 heavy (non-hydrogen) atoms. The number of benzene rings is 4. The third-order valence-corrected chi connectivity index (χ3v) is 26.4. The number of nitrogens with zero attached hydrogens (tertiary/aromatic N) is 1. The van der Waals surface area contributed by atoms with Gasteiger partial charge in [-0.05, 0) is 133 Å². The zero-order valence-corrected chi connectivity index (χ0v) is 42.1. The molecule has 5 nitrogen and oxygen atoms in total. The van der Waals surface area contributed by atoms with Crippen LogP contribution in [0.4, 0.5) is 0 Å². The van der Waals surface area contributed by atoms with E-state index in [2.05, 4.69) is 210 Å². The first-order valence-electron chi connectivity index (χ1n) is 21.5. The maximum absolute atomic E-state index is 7.37.